The van der Waals surface area contributed by atoms with Gasteiger partial charge in [0.25, 0.3) is 0 Å². The number of nitrogens with one attached hydrogen (secondary N) is 2. The van der Waals surface area contributed by atoms with Crippen molar-refractivity contribution in [2.45, 2.75) is 6.92 Å². The molecule has 0 aliphatic heterocycles. The number of nitrogen functional groups attached to an aromatic ring is 1. The minimum Gasteiger partial charge on any atom is -0.493 e. The van der Waals surface area contributed by atoms with Crippen molar-refractivity contribution in [3.63, 3.8) is 0 Å². The van der Waals surface area contributed by atoms with Crippen molar-refractivity contribution in [2.75, 3.05) is 25.3 Å². The minimum atomic E-state index is 0.372. The standard InChI is InChI=1S/C17H20N4O2S/c1-11(12-4-6-13(18)7-5-12)20-21-17(24)19-14-8-9-15(22-2)16(10-14)23-3/h4-10H,18H2,1-3H3,(H2,19,21,24)/b20-11-. The number of benzene rings is 2. The first-order valence-electron chi connectivity index (χ1n) is 7.22. The molecule has 0 aliphatic carbocycles. The molecule has 0 aliphatic rings. The number of hydrogen-bond donors (Lipinski definition) is 3. The van der Waals surface area contributed by atoms with E-state index >= 15 is 0 Å². The zero-order valence-electron chi connectivity index (χ0n) is 13.8. The number of methoxy groups -OCH3 is 2. The summed E-state index contributed by atoms with van der Waals surface area (Å²) >= 11 is 5.24. The van der Waals surface area contributed by atoms with Gasteiger partial charge in [0.05, 0.1) is 19.9 Å². The first-order chi connectivity index (χ1) is 11.5. The Morgan fingerprint density at radius 1 is 1.04 bits per heavy atom. The number of hydrogen-bond acceptors (Lipinski definition) is 5. The van der Waals surface area contributed by atoms with Crippen LogP contribution in [0.15, 0.2) is 47.6 Å². The largest absolute Gasteiger partial charge is 0.493 e. The van der Waals surface area contributed by atoms with Gasteiger partial charge in [-0.05, 0) is 49.0 Å². The molecule has 0 atom stereocenters. The van der Waals surface area contributed by atoms with E-state index in [9.17, 15) is 0 Å². The van der Waals surface area contributed by atoms with E-state index in [1.165, 1.54) is 0 Å². The average Bonchev–Trinajstić information content (AvgIpc) is 2.60. The van der Waals surface area contributed by atoms with Crippen molar-refractivity contribution >= 4 is 34.4 Å². The molecule has 2 aromatic carbocycles. The van der Waals surface area contributed by atoms with Gasteiger partial charge in [-0.1, -0.05) is 12.1 Å². The van der Waals surface area contributed by atoms with Crippen LogP contribution in [0.2, 0.25) is 0 Å². The van der Waals surface area contributed by atoms with Gasteiger partial charge in [-0.3, -0.25) is 5.43 Å². The molecular formula is C17H20N4O2S. The first kappa shape index (κ1) is 17.6. The lowest BCUT2D eigenvalue weighted by Crippen LogP contribution is -2.25. The van der Waals surface area contributed by atoms with Gasteiger partial charge in [0, 0.05) is 17.4 Å². The molecule has 7 heteroatoms. The molecule has 2 rings (SSSR count). The monoisotopic (exact) mass is 344 g/mol. The maximum atomic E-state index is 5.67. The molecule has 0 saturated carbocycles. The van der Waals surface area contributed by atoms with Gasteiger partial charge in [-0.25, -0.2) is 0 Å². The fourth-order valence-corrected chi connectivity index (χ4v) is 2.16. The zero-order chi connectivity index (χ0) is 17.5. The minimum absolute atomic E-state index is 0.372. The van der Waals surface area contributed by atoms with Crippen LogP contribution in [-0.2, 0) is 0 Å². The predicted octanol–water partition coefficient (Wildman–Crippen LogP) is 3.00. The van der Waals surface area contributed by atoms with Crippen molar-refractivity contribution in [2.24, 2.45) is 5.10 Å². The molecule has 4 N–H and O–H groups in total. The molecule has 24 heavy (non-hydrogen) atoms. The molecule has 126 valence electrons. The Labute approximate surface area is 146 Å². The highest BCUT2D eigenvalue weighted by molar-refractivity contribution is 7.80. The molecular weight excluding hydrogens is 324 g/mol. The van der Waals surface area contributed by atoms with Crippen LogP contribution in [-0.4, -0.2) is 25.0 Å². The SMILES string of the molecule is COc1ccc(NC(=S)N/N=C(/C)c2ccc(N)cc2)cc1OC. The van der Waals surface area contributed by atoms with Crippen LogP contribution in [0, 0.1) is 0 Å². The van der Waals surface area contributed by atoms with Crippen LogP contribution >= 0.6 is 12.2 Å². The summed E-state index contributed by atoms with van der Waals surface area (Å²) in [6.45, 7) is 1.89. The van der Waals surface area contributed by atoms with Gasteiger partial charge < -0.3 is 20.5 Å². The third kappa shape index (κ3) is 4.60. The Balaban J connectivity index is 2.00. The number of nitrogens with two attached hydrogens (primary N) is 1. The molecule has 0 radical (unpaired) electrons. The van der Waals surface area contributed by atoms with E-state index in [-0.39, 0.29) is 0 Å². The molecule has 0 amide bonds. The zero-order valence-corrected chi connectivity index (χ0v) is 14.6. The molecule has 6 nitrogen and oxygen atoms in total. The van der Waals surface area contributed by atoms with Crippen LogP contribution in [0.1, 0.15) is 12.5 Å². The van der Waals surface area contributed by atoms with E-state index in [1.54, 1.807) is 26.4 Å². The molecule has 0 unspecified atom stereocenters. The van der Waals surface area contributed by atoms with Crippen LogP contribution in [0.3, 0.4) is 0 Å². The number of thiocarbonyl (C=S) groups is 1. The van der Waals surface area contributed by atoms with E-state index in [2.05, 4.69) is 15.8 Å². The summed E-state index contributed by atoms with van der Waals surface area (Å²) in [4.78, 5) is 0. The average molecular weight is 344 g/mol. The Morgan fingerprint density at radius 3 is 2.33 bits per heavy atom. The highest BCUT2D eigenvalue weighted by Crippen LogP contribution is 2.29. The Hall–Kier alpha value is -2.80. The van der Waals surface area contributed by atoms with Crippen molar-refractivity contribution in [1.29, 1.82) is 0 Å². The van der Waals surface area contributed by atoms with Crippen molar-refractivity contribution in [3.05, 3.63) is 48.0 Å². The van der Waals surface area contributed by atoms with E-state index < -0.39 is 0 Å². The molecule has 0 aromatic heterocycles. The topological polar surface area (TPSA) is 80.9 Å². The molecule has 0 fully saturated rings. The Morgan fingerprint density at radius 2 is 1.71 bits per heavy atom. The third-order valence-electron chi connectivity index (χ3n) is 3.30. The lowest BCUT2D eigenvalue weighted by atomic mass is 10.1. The molecule has 0 spiro atoms. The van der Waals surface area contributed by atoms with Gasteiger partial charge in [0.15, 0.2) is 16.6 Å². The maximum absolute atomic E-state index is 5.67. The van der Waals surface area contributed by atoms with E-state index in [0.717, 1.165) is 17.0 Å². The summed E-state index contributed by atoms with van der Waals surface area (Å²) < 4.78 is 10.5. The number of ether oxygens (including phenoxy) is 2. The lowest BCUT2D eigenvalue weighted by Gasteiger charge is -2.12. The smallest absolute Gasteiger partial charge is 0.191 e. The summed E-state index contributed by atoms with van der Waals surface area (Å²) in [5, 5.41) is 7.68. The normalized spacial score (nSPS) is 10.9. The highest BCUT2D eigenvalue weighted by Gasteiger charge is 2.05. The van der Waals surface area contributed by atoms with Gasteiger partial charge in [0.2, 0.25) is 0 Å². The van der Waals surface area contributed by atoms with Crippen LogP contribution < -0.4 is 25.9 Å². The quantitative estimate of drug-likeness (QED) is 0.335. The van der Waals surface area contributed by atoms with Crippen molar-refractivity contribution < 1.29 is 9.47 Å². The number of hydrazone groups is 1. The second-order valence-electron chi connectivity index (χ2n) is 4.95. The Kier molecular flexibility index (Phi) is 5.97. The highest BCUT2D eigenvalue weighted by atomic mass is 32.1. The second-order valence-corrected chi connectivity index (χ2v) is 5.36. The van der Waals surface area contributed by atoms with Gasteiger partial charge in [-0.15, -0.1) is 0 Å². The van der Waals surface area contributed by atoms with Crippen molar-refractivity contribution in [3.8, 4) is 11.5 Å². The number of rotatable bonds is 5. The summed E-state index contributed by atoms with van der Waals surface area (Å²) in [6, 6.07) is 12.9. The Bertz CT molecular complexity index is 745. The van der Waals surface area contributed by atoms with Crippen LogP contribution in [0.25, 0.3) is 0 Å². The van der Waals surface area contributed by atoms with E-state index in [4.69, 9.17) is 27.4 Å². The number of anilines is 2. The molecule has 0 saturated heterocycles. The summed E-state index contributed by atoms with van der Waals surface area (Å²) in [5.74, 6) is 1.27. The summed E-state index contributed by atoms with van der Waals surface area (Å²) in [5.41, 5.74) is 11.7. The second kappa shape index (κ2) is 8.16. The fourth-order valence-electron chi connectivity index (χ4n) is 2.00. The molecule has 2 aromatic rings. The number of nitrogens with zero attached hydrogens (tertiary/aromatic N) is 1. The molecule has 0 bridgehead atoms. The van der Waals surface area contributed by atoms with Gasteiger partial charge in [-0.2, -0.15) is 5.10 Å². The predicted molar refractivity (Wildman–Crippen MR) is 102 cm³/mol. The lowest BCUT2D eigenvalue weighted by molar-refractivity contribution is 0.355. The molecule has 0 heterocycles. The summed E-state index contributed by atoms with van der Waals surface area (Å²) in [6.07, 6.45) is 0. The maximum Gasteiger partial charge on any atom is 0.191 e. The van der Waals surface area contributed by atoms with Crippen LogP contribution in [0.4, 0.5) is 11.4 Å². The van der Waals surface area contributed by atoms with Crippen molar-refractivity contribution in [1.82, 2.24) is 5.43 Å². The third-order valence-corrected chi connectivity index (χ3v) is 3.49. The van der Waals surface area contributed by atoms with Gasteiger partial charge in [0.1, 0.15) is 0 Å². The van der Waals surface area contributed by atoms with Crippen LogP contribution in [0.5, 0.6) is 11.5 Å². The fraction of sp³-hybridized carbons (Fsp3) is 0.176. The van der Waals surface area contributed by atoms with Gasteiger partial charge >= 0.3 is 0 Å². The van der Waals surface area contributed by atoms with E-state index in [1.807, 2.05) is 37.3 Å². The summed E-state index contributed by atoms with van der Waals surface area (Å²) in [7, 11) is 3.17. The first-order valence-corrected chi connectivity index (χ1v) is 7.63. The van der Waals surface area contributed by atoms with E-state index in [0.29, 0.717) is 22.3 Å².